The van der Waals surface area contributed by atoms with Crippen molar-refractivity contribution in [3.05, 3.63) is 67.9 Å². The molecule has 0 saturated heterocycles. The highest BCUT2D eigenvalue weighted by Crippen LogP contribution is 2.32. The maximum Gasteiger partial charge on any atom is 0.137 e. The zero-order chi connectivity index (χ0) is 14.7. The first-order valence-electron chi connectivity index (χ1n) is 6.08. The van der Waals surface area contributed by atoms with E-state index in [1.54, 1.807) is 12.1 Å². The molecule has 106 valence electrons. The van der Waals surface area contributed by atoms with Gasteiger partial charge >= 0.3 is 0 Å². The highest BCUT2D eigenvalue weighted by molar-refractivity contribution is 9.10. The lowest BCUT2D eigenvalue weighted by Gasteiger charge is -2.19. The lowest BCUT2D eigenvalue weighted by Crippen LogP contribution is -2.19. The predicted octanol–water partition coefficient (Wildman–Crippen LogP) is 5.40. The minimum atomic E-state index is -0.273. The smallest absolute Gasteiger partial charge is 0.137 e. The summed E-state index contributed by atoms with van der Waals surface area (Å²) in [6.45, 7) is 0. The summed E-state index contributed by atoms with van der Waals surface area (Å²) in [7, 11) is 1.85. The molecule has 5 heteroatoms. The molecule has 0 saturated carbocycles. The van der Waals surface area contributed by atoms with E-state index >= 15 is 0 Å². The van der Waals surface area contributed by atoms with Crippen LogP contribution >= 0.6 is 39.1 Å². The van der Waals surface area contributed by atoms with Crippen molar-refractivity contribution in [1.29, 1.82) is 0 Å². The minimum Gasteiger partial charge on any atom is -0.313 e. The van der Waals surface area contributed by atoms with E-state index in [4.69, 9.17) is 23.2 Å². The second kappa shape index (κ2) is 6.90. The fourth-order valence-corrected chi connectivity index (χ4v) is 3.18. The summed E-state index contributed by atoms with van der Waals surface area (Å²) in [5.74, 6) is -0.273. The molecule has 0 aliphatic heterocycles. The number of rotatable bonds is 4. The zero-order valence-electron chi connectivity index (χ0n) is 10.8. The first-order valence-corrected chi connectivity index (χ1v) is 7.63. The fraction of sp³-hybridized carbons (Fsp3) is 0.200. The Morgan fingerprint density at radius 3 is 2.40 bits per heavy atom. The van der Waals surface area contributed by atoms with E-state index in [2.05, 4.69) is 21.2 Å². The summed E-state index contributed by atoms with van der Waals surface area (Å²) < 4.78 is 13.7. The highest BCUT2D eigenvalue weighted by atomic mass is 79.9. The second-order valence-corrected chi connectivity index (χ2v) is 6.10. The minimum absolute atomic E-state index is 0.0337. The Kier molecular flexibility index (Phi) is 5.44. The van der Waals surface area contributed by atoms with Crippen LogP contribution in [-0.2, 0) is 6.42 Å². The number of hydrogen-bond acceptors (Lipinski definition) is 1. The van der Waals surface area contributed by atoms with E-state index in [0.29, 0.717) is 20.9 Å². The van der Waals surface area contributed by atoms with Crippen molar-refractivity contribution in [1.82, 2.24) is 5.32 Å². The van der Waals surface area contributed by atoms with Crippen LogP contribution in [-0.4, -0.2) is 7.05 Å². The van der Waals surface area contributed by atoms with Crippen LogP contribution in [0.15, 0.2) is 40.9 Å². The Morgan fingerprint density at radius 2 is 1.85 bits per heavy atom. The van der Waals surface area contributed by atoms with Crippen LogP contribution in [0.3, 0.4) is 0 Å². The quantitative estimate of drug-likeness (QED) is 0.753. The average Bonchev–Trinajstić information content (AvgIpc) is 2.41. The lowest BCUT2D eigenvalue weighted by molar-refractivity contribution is 0.588. The molecule has 0 bridgehead atoms. The maximum atomic E-state index is 13.3. The fourth-order valence-electron chi connectivity index (χ4n) is 2.09. The molecule has 0 spiro atoms. The first kappa shape index (κ1) is 15.8. The SMILES string of the molecule is CNC(Cc1ccc(F)c(Br)c1)c1c(Cl)cccc1Cl. The van der Waals surface area contributed by atoms with Gasteiger partial charge in [-0.2, -0.15) is 0 Å². The van der Waals surface area contributed by atoms with Crippen LogP contribution in [0.5, 0.6) is 0 Å². The molecule has 0 fully saturated rings. The molecule has 2 rings (SSSR count). The molecule has 0 amide bonds. The maximum absolute atomic E-state index is 13.3. The third-order valence-corrected chi connectivity index (χ3v) is 4.39. The van der Waals surface area contributed by atoms with E-state index in [0.717, 1.165) is 11.1 Å². The molecule has 1 unspecified atom stereocenters. The van der Waals surface area contributed by atoms with Gasteiger partial charge in [0.05, 0.1) is 4.47 Å². The third kappa shape index (κ3) is 3.53. The molecule has 1 N–H and O–H groups in total. The van der Waals surface area contributed by atoms with E-state index < -0.39 is 0 Å². The van der Waals surface area contributed by atoms with Gasteiger partial charge in [-0.25, -0.2) is 4.39 Å². The van der Waals surface area contributed by atoms with Crippen molar-refractivity contribution in [3.8, 4) is 0 Å². The Bertz CT molecular complexity index is 599. The van der Waals surface area contributed by atoms with Gasteiger partial charge in [0.15, 0.2) is 0 Å². The van der Waals surface area contributed by atoms with Crippen LogP contribution in [0.2, 0.25) is 10.0 Å². The van der Waals surface area contributed by atoms with Crippen molar-refractivity contribution < 1.29 is 4.39 Å². The Morgan fingerprint density at radius 1 is 1.20 bits per heavy atom. The van der Waals surface area contributed by atoms with Crippen LogP contribution in [0.4, 0.5) is 4.39 Å². The monoisotopic (exact) mass is 375 g/mol. The highest BCUT2D eigenvalue weighted by Gasteiger charge is 2.17. The molecule has 0 aliphatic rings. The van der Waals surface area contributed by atoms with Gasteiger partial charge in [0.25, 0.3) is 0 Å². The van der Waals surface area contributed by atoms with Crippen molar-refractivity contribution in [2.24, 2.45) is 0 Å². The van der Waals surface area contributed by atoms with Gasteiger partial charge in [-0.05, 0) is 59.2 Å². The van der Waals surface area contributed by atoms with Crippen molar-refractivity contribution in [2.75, 3.05) is 7.05 Å². The summed E-state index contributed by atoms with van der Waals surface area (Å²) in [6.07, 6.45) is 0.666. The molecule has 1 atom stereocenters. The molecule has 0 aromatic heterocycles. The van der Waals surface area contributed by atoms with Gasteiger partial charge in [0, 0.05) is 21.7 Å². The van der Waals surface area contributed by atoms with Crippen molar-refractivity contribution in [3.63, 3.8) is 0 Å². The van der Waals surface area contributed by atoms with Crippen LogP contribution in [0.1, 0.15) is 17.2 Å². The largest absolute Gasteiger partial charge is 0.313 e. The molecule has 20 heavy (non-hydrogen) atoms. The van der Waals surface area contributed by atoms with E-state index in [1.807, 2.05) is 25.2 Å². The Hall–Kier alpha value is -0.610. The van der Waals surface area contributed by atoms with Gasteiger partial charge in [-0.15, -0.1) is 0 Å². The number of hydrogen-bond donors (Lipinski definition) is 1. The van der Waals surface area contributed by atoms with Crippen LogP contribution in [0.25, 0.3) is 0 Å². The number of benzene rings is 2. The van der Waals surface area contributed by atoms with Gasteiger partial charge in [0.2, 0.25) is 0 Å². The Balaban J connectivity index is 2.31. The van der Waals surface area contributed by atoms with E-state index in [1.165, 1.54) is 6.07 Å². The topological polar surface area (TPSA) is 12.0 Å². The predicted molar refractivity (Wildman–Crippen MR) is 86.1 cm³/mol. The van der Waals surface area contributed by atoms with Gasteiger partial charge in [-0.3, -0.25) is 0 Å². The number of likely N-dealkylation sites (N-methyl/N-ethyl adjacent to an activating group) is 1. The Labute approximate surface area is 136 Å². The summed E-state index contributed by atoms with van der Waals surface area (Å²) in [6, 6.07) is 10.4. The summed E-state index contributed by atoms with van der Waals surface area (Å²) in [4.78, 5) is 0. The van der Waals surface area contributed by atoms with E-state index in [-0.39, 0.29) is 11.9 Å². The van der Waals surface area contributed by atoms with E-state index in [9.17, 15) is 4.39 Å². The summed E-state index contributed by atoms with van der Waals surface area (Å²) in [5.41, 5.74) is 1.85. The van der Waals surface area contributed by atoms with Gasteiger partial charge in [0.1, 0.15) is 5.82 Å². The number of nitrogens with one attached hydrogen (secondary N) is 1. The molecular formula is C15H13BrCl2FN. The molecule has 2 aromatic carbocycles. The standard InChI is InChI=1S/C15H13BrCl2FN/c1-20-14(15-11(17)3-2-4-12(15)18)8-9-5-6-13(19)10(16)7-9/h2-7,14,20H,8H2,1H3. The van der Waals surface area contributed by atoms with Crippen LogP contribution in [0, 0.1) is 5.82 Å². The normalized spacial score (nSPS) is 12.4. The number of halogens is 4. The molecular weight excluding hydrogens is 364 g/mol. The molecule has 0 radical (unpaired) electrons. The van der Waals surface area contributed by atoms with Gasteiger partial charge in [-0.1, -0.05) is 35.3 Å². The molecule has 1 nitrogen and oxygen atoms in total. The van der Waals surface area contributed by atoms with Crippen LogP contribution < -0.4 is 5.32 Å². The molecule has 0 aliphatic carbocycles. The first-order chi connectivity index (χ1) is 9.52. The average molecular weight is 377 g/mol. The third-order valence-electron chi connectivity index (χ3n) is 3.12. The zero-order valence-corrected chi connectivity index (χ0v) is 13.9. The summed E-state index contributed by atoms with van der Waals surface area (Å²) >= 11 is 15.7. The van der Waals surface area contributed by atoms with Gasteiger partial charge < -0.3 is 5.32 Å². The molecule has 2 aromatic rings. The lowest BCUT2D eigenvalue weighted by atomic mass is 9.99. The van der Waals surface area contributed by atoms with Crippen molar-refractivity contribution >= 4 is 39.1 Å². The second-order valence-electron chi connectivity index (χ2n) is 4.43. The molecule has 0 heterocycles. The van der Waals surface area contributed by atoms with Crippen molar-refractivity contribution in [2.45, 2.75) is 12.5 Å². The summed E-state index contributed by atoms with van der Waals surface area (Å²) in [5, 5.41) is 4.45.